The Balaban J connectivity index is 2.01. The highest BCUT2D eigenvalue weighted by molar-refractivity contribution is 7.12. The van der Waals surface area contributed by atoms with E-state index in [1.165, 1.54) is 11.3 Å². The van der Waals surface area contributed by atoms with E-state index in [4.69, 9.17) is 16.7 Å². The van der Waals surface area contributed by atoms with E-state index in [-0.39, 0.29) is 18.4 Å². The van der Waals surface area contributed by atoms with Crippen LogP contribution in [-0.4, -0.2) is 35.6 Å². The molecule has 0 unspecified atom stereocenters. The van der Waals surface area contributed by atoms with Gasteiger partial charge in [0.2, 0.25) is 0 Å². The molecule has 0 atom stereocenters. The van der Waals surface area contributed by atoms with Crippen LogP contribution < -0.4 is 0 Å². The number of hydrogen-bond donors (Lipinski definition) is 1. The van der Waals surface area contributed by atoms with Crippen LogP contribution in [-0.2, 0) is 0 Å². The second kappa shape index (κ2) is 3.88. The van der Waals surface area contributed by atoms with Crippen LogP contribution in [0.15, 0.2) is 11.4 Å². The fourth-order valence-electron chi connectivity index (χ4n) is 1.44. The number of hydrogen-bond acceptors (Lipinski definition) is 3. The molecule has 1 N–H and O–H groups in total. The fraction of sp³-hybridized carbons (Fsp3) is 0.444. The average molecular weight is 232 g/mol. The summed E-state index contributed by atoms with van der Waals surface area (Å²) < 4.78 is 0. The lowest BCUT2D eigenvalue weighted by Crippen LogP contribution is -2.51. The molecule has 0 aliphatic carbocycles. The Morgan fingerprint density at radius 2 is 2.43 bits per heavy atom. The summed E-state index contributed by atoms with van der Waals surface area (Å²) in [5, 5.41) is 11.1. The standard InChI is InChI=1S/C9H10ClNO2S/c10-7-1-2-14-8(7)9(13)11-3-6(4-11)5-12/h1-2,6,12H,3-5H2. The number of aliphatic hydroxyl groups is 1. The number of halogens is 1. The van der Waals surface area contributed by atoms with Gasteiger partial charge in [0.25, 0.3) is 5.91 Å². The highest BCUT2D eigenvalue weighted by Crippen LogP contribution is 2.26. The van der Waals surface area contributed by atoms with E-state index in [0.717, 1.165) is 0 Å². The van der Waals surface area contributed by atoms with Crippen LogP contribution >= 0.6 is 22.9 Å². The topological polar surface area (TPSA) is 40.5 Å². The SMILES string of the molecule is O=C(c1sccc1Cl)N1CC(CO)C1. The van der Waals surface area contributed by atoms with Gasteiger partial charge in [-0.3, -0.25) is 4.79 Å². The first-order valence-electron chi connectivity index (χ1n) is 4.35. The van der Waals surface area contributed by atoms with Crippen LogP contribution in [0.5, 0.6) is 0 Å². The summed E-state index contributed by atoms with van der Waals surface area (Å²) >= 11 is 7.20. The molecule has 5 heteroatoms. The minimum Gasteiger partial charge on any atom is -0.396 e. The third-order valence-electron chi connectivity index (χ3n) is 2.31. The third kappa shape index (κ3) is 1.65. The highest BCUT2D eigenvalue weighted by Gasteiger charge is 2.31. The van der Waals surface area contributed by atoms with Crippen LogP contribution in [0.1, 0.15) is 9.67 Å². The molecule has 1 aromatic heterocycles. The molecule has 0 saturated carbocycles. The van der Waals surface area contributed by atoms with Gasteiger partial charge in [-0.2, -0.15) is 0 Å². The quantitative estimate of drug-likeness (QED) is 0.838. The van der Waals surface area contributed by atoms with E-state index in [0.29, 0.717) is 23.0 Å². The molecule has 2 rings (SSSR count). The Morgan fingerprint density at radius 1 is 1.71 bits per heavy atom. The van der Waals surface area contributed by atoms with Gasteiger partial charge in [-0.05, 0) is 11.4 Å². The first kappa shape index (κ1) is 9.96. The van der Waals surface area contributed by atoms with Crippen molar-refractivity contribution in [2.24, 2.45) is 5.92 Å². The molecule has 1 aliphatic rings. The van der Waals surface area contributed by atoms with Crippen LogP contribution in [0.25, 0.3) is 0 Å². The van der Waals surface area contributed by atoms with Crippen LogP contribution in [0, 0.1) is 5.92 Å². The van der Waals surface area contributed by atoms with Gasteiger partial charge in [0.1, 0.15) is 4.88 Å². The maximum atomic E-state index is 11.7. The van der Waals surface area contributed by atoms with E-state index in [1.807, 2.05) is 0 Å². The molecular formula is C9H10ClNO2S. The summed E-state index contributed by atoms with van der Waals surface area (Å²) in [6, 6.07) is 1.72. The molecule has 14 heavy (non-hydrogen) atoms. The predicted octanol–water partition coefficient (Wildman–Crippen LogP) is 1.47. The summed E-state index contributed by atoms with van der Waals surface area (Å²) in [6.07, 6.45) is 0. The van der Waals surface area contributed by atoms with Gasteiger partial charge in [-0.15, -0.1) is 11.3 Å². The fourth-order valence-corrected chi connectivity index (χ4v) is 2.54. The van der Waals surface area contributed by atoms with Gasteiger partial charge < -0.3 is 10.0 Å². The third-order valence-corrected chi connectivity index (χ3v) is 3.64. The predicted molar refractivity (Wildman–Crippen MR) is 55.8 cm³/mol. The number of carbonyl (C=O) groups is 1. The summed E-state index contributed by atoms with van der Waals surface area (Å²) in [6.45, 7) is 1.44. The largest absolute Gasteiger partial charge is 0.396 e. The number of thiophene rings is 1. The Morgan fingerprint density at radius 3 is 2.93 bits per heavy atom. The van der Waals surface area contributed by atoms with Crippen molar-refractivity contribution < 1.29 is 9.90 Å². The van der Waals surface area contributed by atoms with Crippen molar-refractivity contribution in [1.82, 2.24) is 4.90 Å². The molecule has 0 bridgehead atoms. The molecule has 1 fully saturated rings. The molecule has 1 amide bonds. The first-order valence-corrected chi connectivity index (χ1v) is 5.61. The minimum atomic E-state index is -0.0188. The van der Waals surface area contributed by atoms with Gasteiger partial charge in [-0.1, -0.05) is 11.6 Å². The number of carbonyl (C=O) groups excluding carboxylic acids is 1. The van der Waals surface area contributed by atoms with E-state index < -0.39 is 0 Å². The molecule has 1 aliphatic heterocycles. The zero-order chi connectivity index (χ0) is 10.1. The van der Waals surface area contributed by atoms with Gasteiger partial charge in [0.05, 0.1) is 5.02 Å². The Kier molecular flexibility index (Phi) is 2.76. The molecule has 1 aromatic rings. The number of amides is 1. The maximum Gasteiger partial charge on any atom is 0.265 e. The molecule has 2 heterocycles. The number of rotatable bonds is 2. The van der Waals surface area contributed by atoms with Gasteiger partial charge in [-0.25, -0.2) is 0 Å². The van der Waals surface area contributed by atoms with Crippen LogP contribution in [0.3, 0.4) is 0 Å². The lowest BCUT2D eigenvalue weighted by atomic mass is 10.0. The van der Waals surface area contributed by atoms with Crippen molar-refractivity contribution in [2.45, 2.75) is 0 Å². The first-order chi connectivity index (χ1) is 6.72. The van der Waals surface area contributed by atoms with Crippen molar-refractivity contribution in [2.75, 3.05) is 19.7 Å². The van der Waals surface area contributed by atoms with Crippen molar-refractivity contribution in [3.05, 3.63) is 21.3 Å². The number of aliphatic hydroxyl groups excluding tert-OH is 1. The van der Waals surface area contributed by atoms with E-state index in [9.17, 15) is 4.79 Å². The molecule has 76 valence electrons. The molecule has 3 nitrogen and oxygen atoms in total. The summed E-state index contributed by atoms with van der Waals surface area (Å²) in [5.74, 6) is 0.229. The zero-order valence-electron chi connectivity index (χ0n) is 7.44. The lowest BCUT2D eigenvalue weighted by molar-refractivity contribution is 0.0366. The average Bonchev–Trinajstić information content (AvgIpc) is 2.49. The molecule has 0 spiro atoms. The number of nitrogens with zero attached hydrogens (tertiary/aromatic N) is 1. The van der Waals surface area contributed by atoms with Gasteiger partial charge in [0, 0.05) is 25.6 Å². The lowest BCUT2D eigenvalue weighted by Gasteiger charge is -2.37. The smallest absolute Gasteiger partial charge is 0.265 e. The van der Waals surface area contributed by atoms with E-state index in [1.54, 1.807) is 16.3 Å². The van der Waals surface area contributed by atoms with Crippen LogP contribution in [0.2, 0.25) is 5.02 Å². The van der Waals surface area contributed by atoms with Crippen LogP contribution in [0.4, 0.5) is 0 Å². The summed E-state index contributed by atoms with van der Waals surface area (Å²) in [4.78, 5) is 14.0. The molecular weight excluding hydrogens is 222 g/mol. The monoisotopic (exact) mass is 231 g/mol. The maximum absolute atomic E-state index is 11.7. The highest BCUT2D eigenvalue weighted by atomic mass is 35.5. The van der Waals surface area contributed by atoms with E-state index >= 15 is 0 Å². The second-order valence-electron chi connectivity index (χ2n) is 3.36. The Bertz CT molecular complexity index is 346. The van der Waals surface area contributed by atoms with Gasteiger partial charge in [0.15, 0.2) is 0 Å². The van der Waals surface area contributed by atoms with E-state index in [2.05, 4.69) is 0 Å². The zero-order valence-corrected chi connectivity index (χ0v) is 9.01. The summed E-state index contributed by atoms with van der Waals surface area (Å²) in [7, 11) is 0. The Hall–Kier alpha value is -0.580. The molecule has 0 aromatic carbocycles. The summed E-state index contributed by atoms with van der Waals surface area (Å²) in [5.41, 5.74) is 0. The molecule has 1 saturated heterocycles. The Labute approximate surface area is 90.9 Å². The van der Waals surface area contributed by atoms with Crippen molar-refractivity contribution in [3.63, 3.8) is 0 Å². The normalized spacial score (nSPS) is 16.9. The second-order valence-corrected chi connectivity index (χ2v) is 4.68. The minimum absolute atomic E-state index is 0.0188. The van der Waals surface area contributed by atoms with Crippen molar-refractivity contribution in [1.29, 1.82) is 0 Å². The van der Waals surface area contributed by atoms with Crippen molar-refractivity contribution in [3.8, 4) is 0 Å². The number of likely N-dealkylation sites (tertiary alicyclic amines) is 1. The van der Waals surface area contributed by atoms with Gasteiger partial charge >= 0.3 is 0 Å². The molecule has 0 radical (unpaired) electrons. The van der Waals surface area contributed by atoms with Crippen molar-refractivity contribution >= 4 is 28.8 Å².